The quantitative estimate of drug-likeness (QED) is 0.607. The Morgan fingerprint density at radius 2 is 2.47 bits per heavy atom. The first-order valence-corrected chi connectivity index (χ1v) is 4.31. The number of nitrogens with zero attached hydrogens (tertiary/aromatic N) is 2. The van der Waals surface area contributed by atoms with Crippen molar-refractivity contribution in [2.75, 3.05) is 19.0 Å². The molecule has 4 N–H and O–H groups in total. The lowest BCUT2D eigenvalue weighted by molar-refractivity contribution is 0.396. The first-order valence-electron chi connectivity index (χ1n) is 4.31. The van der Waals surface area contributed by atoms with Gasteiger partial charge >= 0.3 is 0 Å². The lowest BCUT2D eigenvalue weighted by atomic mass is 10.3. The van der Waals surface area contributed by atoms with Gasteiger partial charge in [-0.3, -0.25) is 4.98 Å². The molecule has 0 radical (unpaired) electrons. The molecule has 1 aromatic heterocycles. The molecule has 0 atom stereocenters. The number of rotatable bonds is 5. The second kappa shape index (κ2) is 5.58. The van der Waals surface area contributed by atoms with E-state index < -0.39 is 0 Å². The molecule has 0 bridgehead atoms. The van der Waals surface area contributed by atoms with Crippen LogP contribution in [0.1, 0.15) is 0 Å². The van der Waals surface area contributed by atoms with Gasteiger partial charge in [-0.25, -0.2) is 0 Å². The normalized spacial score (nSPS) is 10.9. The van der Waals surface area contributed by atoms with E-state index in [1.165, 1.54) is 25.7 Å². The van der Waals surface area contributed by atoms with Gasteiger partial charge in [0, 0.05) is 24.5 Å². The lowest BCUT2D eigenvalue weighted by Crippen LogP contribution is -2.08. The highest BCUT2D eigenvalue weighted by atomic mass is 16.5. The van der Waals surface area contributed by atoms with E-state index in [2.05, 4.69) is 15.3 Å². The number of methoxy groups -OCH3 is 1. The highest BCUT2D eigenvalue weighted by Gasteiger charge is 1.98. The van der Waals surface area contributed by atoms with Crippen molar-refractivity contribution in [2.45, 2.75) is 0 Å². The SMILES string of the molecule is COc1cncc(NC/C(C=N)=C/N)n1. The van der Waals surface area contributed by atoms with E-state index in [-0.39, 0.29) is 0 Å². The molecule has 6 heteroatoms. The van der Waals surface area contributed by atoms with Crippen molar-refractivity contribution < 1.29 is 4.74 Å². The number of ether oxygens (including phenoxy) is 1. The van der Waals surface area contributed by atoms with E-state index in [1.807, 2.05) is 0 Å². The topological polar surface area (TPSA) is 96.9 Å². The third kappa shape index (κ3) is 3.26. The molecule has 0 saturated carbocycles. The van der Waals surface area contributed by atoms with Gasteiger partial charge in [-0.05, 0) is 0 Å². The molecule has 6 nitrogen and oxygen atoms in total. The van der Waals surface area contributed by atoms with Gasteiger partial charge in [-0.2, -0.15) is 4.98 Å². The van der Waals surface area contributed by atoms with Crippen molar-refractivity contribution in [3.63, 3.8) is 0 Å². The Labute approximate surface area is 87.7 Å². The van der Waals surface area contributed by atoms with Crippen LogP contribution in [0.15, 0.2) is 24.2 Å². The summed E-state index contributed by atoms with van der Waals surface area (Å²) in [5.41, 5.74) is 5.96. The van der Waals surface area contributed by atoms with Crippen molar-refractivity contribution in [2.24, 2.45) is 5.73 Å². The van der Waals surface area contributed by atoms with E-state index in [1.54, 1.807) is 6.20 Å². The predicted octanol–water partition coefficient (Wildman–Crippen LogP) is 0.389. The minimum atomic E-state index is 0.432. The van der Waals surface area contributed by atoms with Gasteiger partial charge < -0.3 is 21.2 Å². The summed E-state index contributed by atoms with van der Waals surface area (Å²) in [4.78, 5) is 8.02. The zero-order chi connectivity index (χ0) is 11.1. The molecule has 15 heavy (non-hydrogen) atoms. The number of anilines is 1. The van der Waals surface area contributed by atoms with Gasteiger partial charge in [-0.1, -0.05) is 0 Å². The molecule has 0 aliphatic heterocycles. The van der Waals surface area contributed by atoms with Gasteiger partial charge in [0.25, 0.3) is 0 Å². The second-order valence-electron chi connectivity index (χ2n) is 2.69. The van der Waals surface area contributed by atoms with Crippen molar-refractivity contribution >= 4 is 12.0 Å². The van der Waals surface area contributed by atoms with Crippen LogP contribution in [-0.2, 0) is 0 Å². The Kier molecular flexibility index (Phi) is 4.08. The largest absolute Gasteiger partial charge is 0.480 e. The zero-order valence-electron chi connectivity index (χ0n) is 8.40. The van der Waals surface area contributed by atoms with Crippen LogP contribution in [0.25, 0.3) is 0 Å². The van der Waals surface area contributed by atoms with E-state index >= 15 is 0 Å². The van der Waals surface area contributed by atoms with Crippen LogP contribution in [0, 0.1) is 5.41 Å². The van der Waals surface area contributed by atoms with Crippen LogP contribution < -0.4 is 15.8 Å². The molecule has 1 rings (SSSR count). The van der Waals surface area contributed by atoms with Crippen molar-refractivity contribution in [1.29, 1.82) is 5.41 Å². The molecule has 0 fully saturated rings. The van der Waals surface area contributed by atoms with Crippen LogP contribution in [0.4, 0.5) is 5.82 Å². The van der Waals surface area contributed by atoms with E-state index in [9.17, 15) is 0 Å². The summed E-state index contributed by atoms with van der Waals surface area (Å²) in [6.45, 7) is 0.432. The molecule has 0 saturated heterocycles. The minimum Gasteiger partial charge on any atom is -0.480 e. The van der Waals surface area contributed by atoms with E-state index in [0.717, 1.165) is 0 Å². The lowest BCUT2D eigenvalue weighted by Gasteiger charge is -2.05. The summed E-state index contributed by atoms with van der Waals surface area (Å²) in [7, 11) is 1.52. The fraction of sp³-hybridized carbons (Fsp3) is 0.222. The molecule has 0 aliphatic rings. The van der Waals surface area contributed by atoms with Crippen molar-refractivity contribution in [1.82, 2.24) is 9.97 Å². The molecule has 1 aromatic rings. The van der Waals surface area contributed by atoms with E-state index in [4.69, 9.17) is 15.9 Å². The average molecular weight is 207 g/mol. The summed E-state index contributed by atoms with van der Waals surface area (Å²) in [6, 6.07) is 0. The number of hydrogen-bond acceptors (Lipinski definition) is 6. The average Bonchev–Trinajstić information content (AvgIpc) is 2.31. The van der Waals surface area contributed by atoms with Gasteiger partial charge in [0.2, 0.25) is 5.88 Å². The predicted molar refractivity (Wildman–Crippen MR) is 58.1 cm³/mol. The highest BCUT2D eigenvalue weighted by molar-refractivity contribution is 5.76. The number of nitrogens with two attached hydrogens (primary N) is 1. The van der Waals surface area contributed by atoms with E-state index in [0.29, 0.717) is 23.8 Å². The van der Waals surface area contributed by atoms with Gasteiger partial charge in [0.15, 0.2) is 0 Å². The zero-order valence-corrected chi connectivity index (χ0v) is 8.40. The summed E-state index contributed by atoms with van der Waals surface area (Å²) in [5, 5.41) is 10.00. The highest BCUT2D eigenvalue weighted by Crippen LogP contribution is 2.07. The molecule has 0 aliphatic carbocycles. The summed E-state index contributed by atoms with van der Waals surface area (Å²) < 4.78 is 4.92. The van der Waals surface area contributed by atoms with Crippen molar-refractivity contribution in [3.05, 3.63) is 24.2 Å². The second-order valence-corrected chi connectivity index (χ2v) is 2.69. The monoisotopic (exact) mass is 207 g/mol. The summed E-state index contributed by atoms with van der Waals surface area (Å²) in [5.74, 6) is 1.02. The summed E-state index contributed by atoms with van der Waals surface area (Å²) >= 11 is 0. The van der Waals surface area contributed by atoms with Crippen molar-refractivity contribution in [3.8, 4) is 5.88 Å². The smallest absolute Gasteiger partial charge is 0.233 e. The Balaban J connectivity index is 2.61. The number of aromatic nitrogens is 2. The van der Waals surface area contributed by atoms with Crippen LogP contribution in [-0.4, -0.2) is 29.8 Å². The third-order valence-electron chi connectivity index (χ3n) is 1.69. The maximum absolute atomic E-state index is 7.03. The standard InChI is InChI=1S/C9H13N5O/c1-15-9-6-12-5-8(14-9)13-4-7(2-10)3-11/h2-3,5-6,10H,4,11H2,1H3,(H,13,14)/b7-3+,10-2?. The first kappa shape index (κ1) is 11.0. The van der Waals surface area contributed by atoms with Gasteiger partial charge in [0.1, 0.15) is 5.82 Å². The Morgan fingerprint density at radius 3 is 3.07 bits per heavy atom. The van der Waals surface area contributed by atoms with Gasteiger partial charge in [0.05, 0.1) is 19.5 Å². The first-order chi connectivity index (χ1) is 7.30. The molecular weight excluding hydrogens is 194 g/mol. The fourth-order valence-electron chi connectivity index (χ4n) is 0.882. The summed E-state index contributed by atoms with van der Waals surface area (Å²) in [6.07, 6.45) is 5.64. The molecule has 0 unspecified atom stereocenters. The molecule has 0 amide bonds. The molecule has 0 aromatic carbocycles. The third-order valence-corrected chi connectivity index (χ3v) is 1.69. The molecule has 1 heterocycles. The fourth-order valence-corrected chi connectivity index (χ4v) is 0.882. The minimum absolute atomic E-state index is 0.432. The van der Waals surface area contributed by atoms with Crippen LogP contribution >= 0.6 is 0 Å². The number of hydrogen-bond donors (Lipinski definition) is 3. The maximum Gasteiger partial charge on any atom is 0.233 e. The molecule has 80 valence electrons. The Bertz CT molecular complexity index is 363. The van der Waals surface area contributed by atoms with Crippen LogP contribution in [0.5, 0.6) is 5.88 Å². The molecule has 0 spiro atoms. The van der Waals surface area contributed by atoms with Crippen LogP contribution in [0.2, 0.25) is 0 Å². The van der Waals surface area contributed by atoms with Crippen LogP contribution in [0.3, 0.4) is 0 Å². The Hall–Kier alpha value is -2.11. The molecular formula is C9H13N5O. The Morgan fingerprint density at radius 1 is 1.67 bits per heavy atom. The van der Waals surface area contributed by atoms with Gasteiger partial charge in [-0.15, -0.1) is 0 Å². The number of nitrogens with one attached hydrogen (secondary N) is 2. The maximum atomic E-state index is 7.03.